The van der Waals surface area contributed by atoms with E-state index in [9.17, 15) is 9.59 Å². The van der Waals surface area contributed by atoms with Crippen LogP contribution in [0, 0.1) is 0 Å². The first-order valence-electron chi connectivity index (χ1n) is 11.2. The van der Waals surface area contributed by atoms with Crippen molar-refractivity contribution >= 4 is 17.7 Å². The van der Waals surface area contributed by atoms with Gasteiger partial charge in [0.2, 0.25) is 0 Å². The van der Waals surface area contributed by atoms with E-state index in [0.717, 1.165) is 16.7 Å². The highest BCUT2D eigenvalue weighted by Crippen LogP contribution is 2.34. The van der Waals surface area contributed by atoms with Gasteiger partial charge in [-0.1, -0.05) is 42.5 Å². The topological polar surface area (TPSA) is 86.3 Å². The van der Waals surface area contributed by atoms with Gasteiger partial charge in [-0.2, -0.15) is 0 Å². The molecule has 182 valence electrons. The number of carbonyl (C=O) groups is 2. The van der Waals surface area contributed by atoms with Crippen LogP contribution >= 0.6 is 0 Å². The van der Waals surface area contributed by atoms with Crippen LogP contribution in [-0.2, 0) is 29.2 Å². The van der Waals surface area contributed by atoms with Crippen molar-refractivity contribution in [3.8, 4) is 17.2 Å². The summed E-state index contributed by atoms with van der Waals surface area (Å²) in [6.07, 6.45) is -1.23. The Bertz CT molecular complexity index is 1200. The van der Waals surface area contributed by atoms with E-state index in [0.29, 0.717) is 36.0 Å². The van der Waals surface area contributed by atoms with Gasteiger partial charge < -0.3 is 23.8 Å². The summed E-state index contributed by atoms with van der Waals surface area (Å²) in [5, 5.41) is 2.75. The van der Waals surface area contributed by atoms with Gasteiger partial charge in [0.05, 0.1) is 14.2 Å². The van der Waals surface area contributed by atoms with Crippen LogP contribution in [-0.4, -0.2) is 37.2 Å². The lowest BCUT2D eigenvalue weighted by Gasteiger charge is -2.24. The monoisotopic (exact) mass is 476 g/mol. The molecule has 0 bridgehead atoms. The fourth-order valence-corrected chi connectivity index (χ4v) is 3.97. The minimum absolute atomic E-state index is 0.150. The number of nitrogens with zero attached hydrogens (tertiary/aromatic N) is 1. The Hall–Kier alpha value is -4.20. The maximum atomic E-state index is 13.1. The average Bonchev–Trinajstić information content (AvgIpc) is 2.99. The maximum Gasteiger partial charge on any atom is 0.411 e. The number of methoxy groups -OCH3 is 2. The van der Waals surface area contributed by atoms with Crippen molar-refractivity contribution in [3.05, 3.63) is 83.4 Å². The third-order valence-electron chi connectivity index (χ3n) is 5.69. The number of hydrogen-bond donors (Lipinski definition) is 1. The van der Waals surface area contributed by atoms with E-state index < -0.39 is 12.2 Å². The molecule has 3 aromatic rings. The molecule has 0 unspecified atom stereocenters. The molecule has 0 radical (unpaired) electrons. The Morgan fingerprint density at radius 3 is 2.60 bits per heavy atom. The second-order valence-electron chi connectivity index (χ2n) is 8.12. The highest BCUT2D eigenvalue weighted by Gasteiger charge is 2.29. The van der Waals surface area contributed by atoms with Crippen LogP contribution in [0.2, 0.25) is 0 Å². The summed E-state index contributed by atoms with van der Waals surface area (Å²) in [5.74, 6) is 1.62. The summed E-state index contributed by atoms with van der Waals surface area (Å²) in [7, 11) is 3.14. The number of hydrogen-bond acceptors (Lipinski definition) is 6. The van der Waals surface area contributed by atoms with Crippen LogP contribution in [0.1, 0.15) is 23.6 Å². The van der Waals surface area contributed by atoms with Crippen molar-refractivity contribution in [3.63, 3.8) is 0 Å². The van der Waals surface area contributed by atoms with Gasteiger partial charge in [-0.25, -0.2) is 4.79 Å². The number of amides is 2. The molecule has 8 heteroatoms. The molecule has 1 aliphatic heterocycles. The van der Waals surface area contributed by atoms with Gasteiger partial charge in [-0.3, -0.25) is 10.1 Å². The van der Waals surface area contributed by atoms with Crippen LogP contribution < -0.4 is 19.5 Å². The molecule has 1 N–H and O–H groups in total. The van der Waals surface area contributed by atoms with Crippen LogP contribution in [0.3, 0.4) is 0 Å². The molecule has 0 spiro atoms. The van der Waals surface area contributed by atoms with E-state index in [2.05, 4.69) is 5.32 Å². The Balaban J connectivity index is 1.50. The first kappa shape index (κ1) is 23.9. The van der Waals surface area contributed by atoms with E-state index in [4.69, 9.17) is 18.9 Å². The Morgan fingerprint density at radius 2 is 1.86 bits per heavy atom. The minimum atomic E-state index is -0.664. The van der Waals surface area contributed by atoms with Crippen molar-refractivity contribution in [1.82, 2.24) is 4.90 Å². The smallest absolute Gasteiger partial charge is 0.411 e. The normalized spacial score (nSPS) is 14.9. The van der Waals surface area contributed by atoms with Crippen molar-refractivity contribution in [1.29, 1.82) is 0 Å². The van der Waals surface area contributed by atoms with Crippen LogP contribution in [0.25, 0.3) is 0 Å². The molecule has 0 saturated carbocycles. The summed E-state index contributed by atoms with van der Waals surface area (Å²) in [6.45, 7) is 2.50. The molecular weight excluding hydrogens is 448 g/mol. The second kappa shape index (κ2) is 10.8. The van der Waals surface area contributed by atoms with E-state index in [1.807, 2.05) is 48.5 Å². The summed E-state index contributed by atoms with van der Waals surface area (Å²) in [6, 6.07) is 20.3. The predicted octanol–water partition coefficient (Wildman–Crippen LogP) is 4.76. The van der Waals surface area contributed by atoms with Gasteiger partial charge in [0.25, 0.3) is 5.91 Å². The summed E-state index contributed by atoms with van der Waals surface area (Å²) < 4.78 is 22.1. The highest BCUT2D eigenvalue weighted by molar-refractivity contribution is 5.85. The van der Waals surface area contributed by atoms with Gasteiger partial charge >= 0.3 is 6.09 Å². The van der Waals surface area contributed by atoms with E-state index in [1.165, 1.54) is 0 Å². The summed E-state index contributed by atoms with van der Waals surface area (Å²) in [4.78, 5) is 27.1. The fourth-order valence-electron chi connectivity index (χ4n) is 3.97. The number of ether oxygens (including phenoxy) is 4. The number of anilines is 1. The average molecular weight is 477 g/mol. The molecule has 35 heavy (non-hydrogen) atoms. The Kier molecular flexibility index (Phi) is 7.40. The summed E-state index contributed by atoms with van der Waals surface area (Å²) >= 11 is 0. The first-order chi connectivity index (χ1) is 17.0. The molecule has 8 nitrogen and oxygen atoms in total. The number of nitrogens with one attached hydrogen (secondary N) is 1. The number of carbonyl (C=O) groups excluding carboxylic acids is 2. The molecule has 1 atom stereocenters. The maximum absolute atomic E-state index is 13.1. The molecule has 1 aliphatic rings. The molecule has 0 aliphatic carbocycles. The molecule has 2 amide bonds. The van der Waals surface area contributed by atoms with Gasteiger partial charge in [0.15, 0.2) is 17.6 Å². The first-order valence-corrected chi connectivity index (χ1v) is 11.2. The van der Waals surface area contributed by atoms with Gasteiger partial charge in [0, 0.05) is 29.9 Å². The van der Waals surface area contributed by atoms with Crippen LogP contribution in [0.15, 0.2) is 66.7 Å². The van der Waals surface area contributed by atoms with Crippen molar-refractivity contribution in [2.24, 2.45) is 0 Å². The standard InChI is InChI=1S/C27H28N2O6/c1-18-26(30)29(15-20-10-7-11-24(32-2)25(20)33-3)16-21-14-22(12-13-23(21)35-18)28-27(31)34-17-19-8-5-4-6-9-19/h4-14,18H,15-17H2,1-3H3,(H,28,31)/t18-/m0/s1. The predicted molar refractivity (Wildman–Crippen MR) is 131 cm³/mol. The summed E-state index contributed by atoms with van der Waals surface area (Å²) in [5.41, 5.74) is 3.03. The van der Waals surface area contributed by atoms with Crippen LogP contribution in [0.4, 0.5) is 10.5 Å². The lowest BCUT2D eigenvalue weighted by molar-refractivity contribution is -0.138. The number of para-hydroxylation sites is 1. The van der Waals surface area contributed by atoms with Crippen LogP contribution in [0.5, 0.6) is 17.2 Å². The molecule has 0 saturated heterocycles. The molecule has 0 aromatic heterocycles. The van der Waals surface area contributed by atoms with Crippen molar-refractivity contribution in [2.45, 2.75) is 32.7 Å². The second-order valence-corrected chi connectivity index (χ2v) is 8.12. The molecule has 1 heterocycles. The number of benzene rings is 3. The number of fused-ring (bicyclic) bond motifs is 1. The van der Waals surface area contributed by atoms with E-state index in [1.54, 1.807) is 44.2 Å². The molecule has 0 fully saturated rings. The molecule has 4 rings (SSSR count). The molecule has 3 aromatic carbocycles. The largest absolute Gasteiger partial charge is 0.493 e. The zero-order valence-corrected chi connectivity index (χ0v) is 19.9. The Morgan fingerprint density at radius 1 is 1.06 bits per heavy atom. The lowest BCUT2D eigenvalue weighted by Crippen LogP contribution is -2.37. The van der Waals surface area contributed by atoms with E-state index in [-0.39, 0.29) is 12.5 Å². The third-order valence-corrected chi connectivity index (χ3v) is 5.69. The number of rotatable bonds is 7. The molecular formula is C27H28N2O6. The SMILES string of the molecule is COc1cccc(CN2Cc3cc(NC(=O)OCc4ccccc4)ccc3O[C@@H](C)C2=O)c1OC. The van der Waals surface area contributed by atoms with Gasteiger partial charge in [-0.05, 0) is 36.8 Å². The lowest BCUT2D eigenvalue weighted by atomic mass is 10.1. The van der Waals surface area contributed by atoms with Gasteiger partial charge in [-0.15, -0.1) is 0 Å². The third kappa shape index (κ3) is 5.66. The zero-order valence-electron chi connectivity index (χ0n) is 19.9. The van der Waals surface area contributed by atoms with E-state index >= 15 is 0 Å². The zero-order chi connectivity index (χ0) is 24.8. The quantitative estimate of drug-likeness (QED) is 0.529. The van der Waals surface area contributed by atoms with Crippen molar-refractivity contribution < 1.29 is 28.5 Å². The van der Waals surface area contributed by atoms with Crippen molar-refractivity contribution in [2.75, 3.05) is 19.5 Å². The minimum Gasteiger partial charge on any atom is -0.493 e. The fraction of sp³-hybridized carbons (Fsp3) is 0.259. The highest BCUT2D eigenvalue weighted by atomic mass is 16.5. The Labute approximate surface area is 204 Å². The van der Waals surface area contributed by atoms with Gasteiger partial charge in [0.1, 0.15) is 12.4 Å².